The van der Waals surface area contributed by atoms with E-state index in [1.807, 2.05) is 4.90 Å². The molecule has 20 heavy (non-hydrogen) atoms. The molecule has 1 amide bonds. The molecule has 0 radical (unpaired) electrons. The van der Waals surface area contributed by atoms with Gasteiger partial charge in [-0.25, -0.2) is 4.98 Å². The maximum absolute atomic E-state index is 12.6. The molecule has 0 atom stereocenters. The number of carbonyl (C=O) groups is 1. The molecule has 1 heterocycles. The molecule has 0 saturated carbocycles. The number of carbonyl (C=O) groups excluding carboxylic acids is 1. The Bertz CT molecular complexity index is 404. The second kappa shape index (κ2) is 8.50. The lowest BCUT2D eigenvalue weighted by Gasteiger charge is -2.30. The molecular weight excluding hydrogens is 256 g/mol. The number of rotatable bonds is 8. The Hall–Kier alpha value is -1.66. The zero-order valence-electron chi connectivity index (χ0n) is 12.4. The van der Waals surface area contributed by atoms with E-state index in [2.05, 4.69) is 24.3 Å². The van der Waals surface area contributed by atoms with Crippen LogP contribution in [-0.2, 0) is 4.74 Å². The van der Waals surface area contributed by atoms with Crippen molar-refractivity contribution in [2.45, 2.75) is 32.7 Å². The van der Waals surface area contributed by atoms with Gasteiger partial charge in [-0.1, -0.05) is 13.8 Å². The molecule has 0 aliphatic heterocycles. The van der Waals surface area contributed by atoms with Crippen LogP contribution >= 0.6 is 0 Å². The highest BCUT2D eigenvalue weighted by Gasteiger charge is 2.22. The lowest BCUT2D eigenvalue weighted by molar-refractivity contribution is 0.0583. The Morgan fingerprint density at radius 2 is 2.15 bits per heavy atom. The number of methoxy groups -OCH3 is 1. The molecule has 0 fully saturated rings. The van der Waals surface area contributed by atoms with Crippen LogP contribution in [0.5, 0.6) is 0 Å². The van der Waals surface area contributed by atoms with Gasteiger partial charge >= 0.3 is 0 Å². The molecule has 0 aromatic carbocycles. The first kappa shape index (κ1) is 16.4. The van der Waals surface area contributed by atoms with Crippen molar-refractivity contribution in [1.29, 1.82) is 0 Å². The van der Waals surface area contributed by atoms with Gasteiger partial charge in [0.25, 0.3) is 5.91 Å². The monoisotopic (exact) mass is 280 g/mol. The summed E-state index contributed by atoms with van der Waals surface area (Å²) in [5.74, 6) is 5.22. The van der Waals surface area contributed by atoms with Gasteiger partial charge in [0.1, 0.15) is 5.69 Å². The van der Waals surface area contributed by atoms with Crippen LogP contribution in [0.3, 0.4) is 0 Å². The number of ether oxygens (including phenoxy) is 1. The van der Waals surface area contributed by atoms with Crippen LogP contribution in [0.15, 0.2) is 18.3 Å². The second-order valence-electron chi connectivity index (χ2n) is 4.54. The predicted molar refractivity (Wildman–Crippen MR) is 79.3 cm³/mol. The number of nitrogen functional groups attached to an aromatic ring is 1. The summed E-state index contributed by atoms with van der Waals surface area (Å²) in [6.07, 6.45) is 3.37. The van der Waals surface area contributed by atoms with Crippen molar-refractivity contribution in [2.24, 2.45) is 5.84 Å². The molecule has 0 saturated heterocycles. The SMILES string of the molecule is CCC(CC)N(CCOC)C(=O)c1ccc(NN)cn1. The minimum absolute atomic E-state index is 0.0701. The molecule has 0 bridgehead atoms. The molecule has 112 valence electrons. The fraction of sp³-hybridized carbons (Fsp3) is 0.571. The zero-order valence-corrected chi connectivity index (χ0v) is 12.4. The van der Waals surface area contributed by atoms with Gasteiger partial charge in [0, 0.05) is 19.7 Å². The quantitative estimate of drug-likeness (QED) is 0.559. The van der Waals surface area contributed by atoms with Gasteiger partial charge in [-0.2, -0.15) is 0 Å². The van der Waals surface area contributed by atoms with Crippen LogP contribution in [-0.4, -0.2) is 42.1 Å². The number of nitrogens with zero attached hydrogens (tertiary/aromatic N) is 2. The van der Waals surface area contributed by atoms with Crippen LogP contribution < -0.4 is 11.3 Å². The maximum atomic E-state index is 12.6. The number of hydrazine groups is 1. The van der Waals surface area contributed by atoms with Crippen molar-refractivity contribution in [3.63, 3.8) is 0 Å². The van der Waals surface area contributed by atoms with Gasteiger partial charge in [0.15, 0.2) is 0 Å². The van der Waals surface area contributed by atoms with Crippen molar-refractivity contribution >= 4 is 11.6 Å². The summed E-state index contributed by atoms with van der Waals surface area (Å²) in [6, 6.07) is 3.62. The Kier molecular flexibility index (Phi) is 6.97. The normalized spacial score (nSPS) is 10.7. The summed E-state index contributed by atoms with van der Waals surface area (Å²) >= 11 is 0. The van der Waals surface area contributed by atoms with E-state index in [1.54, 1.807) is 25.4 Å². The van der Waals surface area contributed by atoms with Gasteiger partial charge in [-0.05, 0) is 25.0 Å². The van der Waals surface area contributed by atoms with E-state index in [1.165, 1.54) is 0 Å². The number of aromatic nitrogens is 1. The summed E-state index contributed by atoms with van der Waals surface area (Å²) < 4.78 is 5.09. The van der Waals surface area contributed by atoms with E-state index in [4.69, 9.17) is 10.6 Å². The van der Waals surface area contributed by atoms with Crippen molar-refractivity contribution in [1.82, 2.24) is 9.88 Å². The average Bonchev–Trinajstić information content (AvgIpc) is 2.51. The molecule has 3 N–H and O–H groups in total. The third kappa shape index (κ3) is 4.18. The topological polar surface area (TPSA) is 80.5 Å². The standard InChI is InChI=1S/C14H24N4O2/c1-4-12(5-2)18(8-9-20-3)14(19)13-7-6-11(17-15)10-16-13/h6-7,10,12,17H,4-5,8-9,15H2,1-3H3. The first-order valence-corrected chi connectivity index (χ1v) is 6.90. The first-order chi connectivity index (χ1) is 9.67. The van der Waals surface area contributed by atoms with Crippen LogP contribution in [0.4, 0.5) is 5.69 Å². The molecule has 0 aliphatic carbocycles. The predicted octanol–water partition coefficient (Wildman–Crippen LogP) is 1.64. The van der Waals surface area contributed by atoms with Crippen LogP contribution in [0, 0.1) is 0 Å². The largest absolute Gasteiger partial charge is 0.383 e. The van der Waals surface area contributed by atoms with Crippen molar-refractivity contribution < 1.29 is 9.53 Å². The smallest absolute Gasteiger partial charge is 0.272 e. The van der Waals surface area contributed by atoms with Crippen LogP contribution in [0.25, 0.3) is 0 Å². The number of nitrogens with two attached hydrogens (primary N) is 1. The maximum Gasteiger partial charge on any atom is 0.272 e. The molecule has 0 unspecified atom stereocenters. The van der Waals surface area contributed by atoms with Crippen molar-refractivity contribution in [3.05, 3.63) is 24.0 Å². The third-order valence-electron chi connectivity index (χ3n) is 3.33. The molecule has 0 aliphatic rings. The highest BCUT2D eigenvalue weighted by Crippen LogP contribution is 2.13. The second-order valence-corrected chi connectivity index (χ2v) is 4.54. The Morgan fingerprint density at radius 1 is 1.45 bits per heavy atom. The lowest BCUT2D eigenvalue weighted by atomic mass is 10.1. The Labute approximate surface area is 120 Å². The minimum Gasteiger partial charge on any atom is -0.383 e. The van der Waals surface area contributed by atoms with E-state index in [0.717, 1.165) is 12.8 Å². The highest BCUT2D eigenvalue weighted by molar-refractivity contribution is 5.92. The first-order valence-electron chi connectivity index (χ1n) is 6.90. The molecule has 6 heteroatoms. The molecular formula is C14H24N4O2. The zero-order chi connectivity index (χ0) is 15.0. The summed E-state index contributed by atoms with van der Waals surface area (Å²) in [7, 11) is 1.63. The molecule has 6 nitrogen and oxygen atoms in total. The van der Waals surface area contributed by atoms with E-state index < -0.39 is 0 Å². The fourth-order valence-electron chi connectivity index (χ4n) is 2.12. The molecule has 1 aromatic heterocycles. The highest BCUT2D eigenvalue weighted by atomic mass is 16.5. The number of pyridine rings is 1. The van der Waals surface area contributed by atoms with E-state index in [9.17, 15) is 4.79 Å². The van der Waals surface area contributed by atoms with E-state index in [-0.39, 0.29) is 11.9 Å². The summed E-state index contributed by atoms with van der Waals surface area (Å²) in [4.78, 5) is 18.6. The lowest BCUT2D eigenvalue weighted by Crippen LogP contribution is -2.42. The van der Waals surface area contributed by atoms with Gasteiger partial charge in [-0.15, -0.1) is 0 Å². The molecule has 1 rings (SSSR count). The van der Waals surface area contributed by atoms with E-state index >= 15 is 0 Å². The van der Waals surface area contributed by atoms with E-state index in [0.29, 0.717) is 24.5 Å². The summed E-state index contributed by atoms with van der Waals surface area (Å²) in [5.41, 5.74) is 3.59. The number of amides is 1. The van der Waals surface area contributed by atoms with Gasteiger partial charge < -0.3 is 15.1 Å². The Morgan fingerprint density at radius 3 is 2.60 bits per heavy atom. The summed E-state index contributed by atoms with van der Waals surface area (Å²) in [6.45, 7) is 5.25. The minimum atomic E-state index is -0.0701. The third-order valence-corrected chi connectivity index (χ3v) is 3.33. The van der Waals surface area contributed by atoms with Crippen molar-refractivity contribution in [3.8, 4) is 0 Å². The van der Waals surface area contributed by atoms with Crippen LogP contribution in [0.1, 0.15) is 37.2 Å². The fourth-order valence-corrected chi connectivity index (χ4v) is 2.12. The number of nitrogens with one attached hydrogen (secondary N) is 1. The van der Waals surface area contributed by atoms with Gasteiger partial charge in [-0.3, -0.25) is 10.6 Å². The number of hydrogen-bond donors (Lipinski definition) is 2. The molecule has 0 spiro atoms. The number of anilines is 1. The average molecular weight is 280 g/mol. The number of hydrogen-bond acceptors (Lipinski definition) is 5. The molecule has 1 aromatic rings. The summed E-state index contributed by atoms with van der Waals surface area (Å²) in [5, 5.41) is 0. The van der Waals surface area contributed by atoms with Crippen molar-refractivity contribution in [2.75, 3.05) is 25.7 Å². The Balaban J connectivity index is 2.89. The van der Waals surface area contributed by atoms with Gasteiger partial charge in [0.2, 0.25) is 0 Å². The van der Waals surface area contributed by atoms with Crippen LogP contribution in [0.2, 0.25) is 0 Å². The van der Waals surface area contributed by atoms with Gasteiger partial charge in [0.05, 0.1) is 18.5 Å².